The highest BCUT2D eigenvalue weighted by Crippen LogP contribution is 2.40. The molecule has 34 heavy (non-hydrogen) atoms. The van der Waals surface area contributed by atoms with E-state index in [4.69, 9.17) is 0 Å². The maximum Gasteiger partial charge on any atom is 0.246 e. The number of benzene rings is 3. The third-order valence-corrected chi connectivity index (χ3v) is 6.95. The van der Waals surface area contributed by atoms with E-state index in [9.17, 15) is 19.8 Å². The van der Waals surface area contributed by atoms with Gasteiger partial charge >= 0.3 is 0 Å². The Bertz CT molecular complexity index is 1380. The van der Waals surface area contributed by atoms with Gasteiger partial charge in [0.2, 0.25) is 5.91 Å². The first-order chi connectivity index (χ1) is 16.4. The van der Waals surface area contributed by atoms with Crippen molar-refractivity contribution in [3.05, 3.63) is 89.5 Å². The normalized spacial score (nSPS) is 11.2. The molecule has 0 fully saturated rings. The van der Waals surface area contributed by atoms with Crippen molar-refractivity contribution in [3.8, 4) is 21.9 Å². The molecule has 5 nitrogen and oxygen atoms in total. The van der Waals surface area contributed by atoms with E-state index in [2.05, 4.69) is 0 Å². The average Bonchev–Trinajstić information content (AvgIpc) is 3.23. The van der Waals surface area contributed by atoms with Crippen LogP contribution in [0.4, 0.5) is 0 Å². The molecule has 4 rings (SSSR count). The highest BCUT2D eigenvalue weighted by atomic mass is 32.1. The van der Waals surface area contributed by atoms with Gasteiger partial charge in [0.15, 0.2) is 5.78 Å². The maximum absolute atomic E-state index is 13.6. The van der Waals surface area contributed by atoms with Gasteiger partial charge in [0.25, 0.3) is 0 Å². The first-order valence-electron chi connectivity index (χ1n) is 11.1. The molecule has 3 aromatic carbocycles. The van der Waals surface area contributed by atoms with E-state index in [1.807, 2.05) is 38.1 Å². The zero-order chi connectivity index (χ0) is 24.2. The second-order valence-corrected chi connectivity index (χ2v) is 8.85. The first kappa shape index (κ1) is 23.3. The van der Waals surface area contributed by atoms with Crippen LogP contribution >= 0.6 is 11.3 Å². The van der Waals surface area contributed by atoms with Gasteiger partial charge < -0.3 is 15.1 Å². The Balaban J connectivity index is 1.72. The van der Waals surface area contributed by atoms with E-state index in [1.54, 1.807) is 47.4 Å². The number of thiophene rings is 1. The van der Waals surface area contributed by atoms with Gasteiger partial charge in [-0.15, -0.1) is 11.3 Å². The van der Waals surface area contributed by atoms with Crippen molar-refractivity contribution < 1.29 is 19.8 Å². The Morgan fingerprint density at radius 1 is 0.941 bits per heavy atom. The quantitative estimate of drug-likeness (QED) is 0.252. The van der Waals surface area contributed by atoms with Crippen molar-refractivity contribution in [2.45, 2.75) is 13.8 Å². The van der Waals surface area contributed by atoms with Crippen LogP contribution in [0, 0.1) is 0 Å². The van der Waals surface area contributed by atoms with Crippen LogP contribution < -0.4 is 0 Å². The minimum atomic E-state index is -0.203. The van der Waals surface area contributed by atoms with E-state index in [-0.39, 0.29) is 23.2 Å². The number of hydrogen-bond acceptors (Lipinski definition) is 5. The summed E-state index contributed by atoms with van der Waals surface area (Å²) in [6.07, 6.45) is 2.99. The van der Waals surface area contributed by atoms with Crippen LogP contribution in [0.3, 0.4) is 0 Å². The van der Waals surface area contributed by atoms with E-state index in [0.29, 0.717) is 29.8 Å². The van der Waals surface area contributed by atoms with E-state index < -0.39 is 0 Å². The van der Waals surface area contributed by atoms with Crippen LogP contribution in [0.15, 0.2) is 72.8 Å². The van der Waals surface area contributed by atoms with Crippen LogP contribution in [0.5, 0.6) is 11.5 Å². The van der Waals surface area contributed by atoms with E-state index in [1.165, 1.54) is 23.5 Å². The van der Waals surface area contributed by atoms with Crippen molar-refractivity contribution in [3.63, 3.8) is 0 Å². The minimum absolute atomic E-state index is 0.0693. The zero-order valence-corrected chi connectivity index (χ0v) is 19.8. The summed E-state index contributed by atoms with van der Waals surface area (Å²) in [5, 5.41) is 21.1. The molecule has 6 heteroatoms. The highest BCUT2D eigenvalue weighted by Gasteiger charge is 2.22. The number of likely N-dealkylation sites (N-methyl/N-ethyl adjacent to an activating group) is 1. The van der Waals surface area contributed by atoms with Crippen molar-refractivity contribution in [2.75, 3.05) is 13.1 Å². The number of carbonyl (C=O) groups excluding carboxylic acids is 2. The molecule has 0 aliphatic carbocycles. The van der Waals surface area contributed by atoms with Crippen molar-refractivity contribution >= 4 is 39.2 Å². The van der Waals surface area contributed by atoms with Crippen molar-refractivity contribution in [2.24, 2.45) is 0 Å². The molecule has 0 bridgehead atoms. The molecule has 1 heterocycles. The maximum atomic E-state index is 13.6. The number of hydrogen-bond donors (Lipinski definition) is 2. The predicted molar refractivity (Wildman–Crippen MR) is 137 cm³/mol. The van der Waals surface area contributed by atoms with Gasteiger partial charge in [-0.1, -0.05) is 30.3 Å². The lowest BCUT2D eigenvalue weighted by atomic mass is 9.96. The number of phenols is 2. The molecule has 4 aromatic rings. The largest absolute Gasteiger partial charge is 0.508 e. The summed E-state index contributed by atoms with van der Waals surface area (Å²) in [7, 11) is 0. The Morgan fingerprint density at radius 2 is 1.65 bits per heavy atom. The van der Waals surface area contributed by atoms with Crippen LogP contribution in [-0.2, 0) is 4.79 Å². The number of ketones is 1. The monoisotopic (exact) mass is 471 g/mol. The summed E-state index contributed by atoms with van der Waals surface area (Å²) in [6, 6.07) is 19.2. The molecule has 0 saturated heterocycles. The van der Waals surface area contributed by atoms with Crippen LogP contribution in [0.2, 0.25) is 0 Å². The molecule has 0 unspecified atom stereocenters. The molecular formula is C28H25NO4S. The highest BCUT2D eigenvalue weighted by molar-refractivity contribution is 7.22. The molecule has 2 N–H and O–H groups in total. The van der Waals surface area contributed by atoms with E-state index in [0.717, 1.165) is 20.5 Å². The minimum Gasteiger partial charge on any atom is -0.508 e. The molecule has 0 atom stereocenters. The Hall–Kier alpha value is -3.90. The summed E-state index contributed by atoms with van der Waals surface area (Å²) >= 11 is 1.51. The molecular weight excluding hydrogens is 446 g/mol. The van der Waals surface area contributed by atoms with Crippen molar-refractivity contribution in [1.82, 2.24) is 4.90 Å². The zero-order valence-electron chi connectivity index (χ0n) is 19.0. The summed E-state index contributed by atoms with van der Waals surface area (Å²) in [5.74, 6) is -0.246. The Kier molecular flexibility index (Phi) is 6.80. The lowest BCUT2D eigenvalue weighted by Gasteiger charge is -2.15. The molecule has 0 aliphatic heterocycles. The van der Waals surface area contributed by atoms with Crippen LogP contribution in [0.1, 0.15) is 35.3 Å². The summed E-state index contributed by atoms with van der Waals surface area (Å²) in [6.45, 7) is 5.04. The van der Waals surface area contributed by atoms with Gasteiger partial charge in [0.1, 0.15) is 11.5 Å². The topological polar surface area (TPSA) is 77.8 Å². The lowest BCUT2D eigenvalue weighted by Crippen LogP contribution is -2.28. The number of carbonyl (C=O) groups is 2. The molecule has 1 amide bonds. The number of nitrogens with zero attached hydrogens (tertiary/aromatic N) is 1. The summed E-state index contributed by atoms with van der Waals surface area (Å²) in [4.78, 5) is 28.4. The second kappa shape index (κ2) is 9.93. The molecule has 0 aliphatic rings. The summed E-state index contributed by atoms with van der Waals surface area (Å²) in [5.41, 5.74) is 2.21. The smallest absolute Gasteiger partial charge is 0.246 e. The van der Waals surface area contributed by atoms with Crippen molar-refractivity contribution in [1.29, 1.82) is 0 Å². The van der Waals surface area contributed by atoms with Crippen LogP contribution in [0.25, 0.3) is 26.6 Å². The second-order valence-electron chi connectivity index (χ2n) is 7.80. The summed E-state index contributed by atoms with van der Waals surface area (Å²) < 4.78 is 0.979. The molecule has 0 spiro atoms. The van der Waals surface area contributed by atoms with Gasteiger partial charge in [-0.05, 0) is 61.9 Å². The number of fused-ring (bicyclic) bond motifs is 1. The third kappa shape index (κ3) is 4.58. The molecule has 172 valence electrons. The fourth-order valence-electron chi connectivity index (χ4n) is 3.86. The van der Waals surface area contributed by atoms with E-state index >= 15 is 0 Å². The molecule has 0 saturated carbocycles. The number of aromatic hydroxyl groups is 2. The van der Waals surface area contributed by atoms with Gasteiger partial charge in [0, 0.05) is 50.8 Å². The number of rotatable bonds is 7. The average molecular weight is 472 g/mol. The standard InChI is InChI=1S/C28H25NO4S/c1-3-29(4-2)25(32)16-13-18-9-10-20(17-23(18)31)27(33)26-22-7-5-6-8-24(22)34-28(26)19-11-14-21(30)15-12-19/h5-17,30-31H,3-4H2,1-2H3. The predicted octanol–water partition coefficient (Wildman–Crippen LogP) is 6.09. The molecule has 0 radical (unpaired) electrons. The Labute approximate surface area is 202 Å². The fraction of sp³-hybridized carbons (Fsp3) is 0.143. The Morgan fingerprint density at radius 3 is 2.32 bits per heavy atom. The SMILES string of the molecule is CCN(CC)C(=O)C=Cc1ccc(C(=O)c2c(-c3ccc(O)cc3)sc3ccccc23)cc1O. The van der Waals surface area contributed by atoms with Gasteiger partial charge in [-0.3, -0.25) is 9.59 Å². The number of phenolic OH excluding ortho intramolecular Hbond substituents is 2. The lowest BCUT2D eigenvalue weighted by molar-refractivity contribution is -0.125. The molecule has 1 aromatic heterocycles. The third-order valence-electron chi connectivity index (χ3n) is 5.73. The number of amides is 1. The van der Waals surface area contributed by atoms with Crippen LogP contribution in [-0.4, -0.2) is 39.9 Å². The van der Waals surface area contributed by atoms with Gasteiger partial charge in [-0.2, -0.15) is 0 Å². The first-order valence-corrected chi connectivity index (χ1v) is 11.9. The fourth-order valence-corrected chi connectivity index (χ4v) is 5.06. The van der Waals surface area contributed by atoms with Gasteiger partial charge in [0.05, 0.1) is 0 Å². The van der Waals surface area contributed by atoms with Gasteiger partial charge in [-0.25, -0.2) is 0 Å².